The molecule has 33 heavy (non-hydrogen) atoms. The van der Waals surface area contributed by atoms with Crippen LogP contribution in [0.3, 0.4) is 0 Å². The number of hydrogen-bond acceptors (Lipinski definition) is 6. The molecule has 1 amide bonds. The zero-order valence-corrected chi connectivity index (χ0v) is 17.4. The minimum absolute atomic E-state index is 0.0145. The first-order valence-electron chi connectivity index (χ1n) is 10.2. The summed E-state index contributed by atoms with van der Waals surface area (Å²) in [4.78, 5) is 11.0. The van der Waals surface area contributed by atoms with Crippen LogP contribution in [0, 0.1) is 11.3 Å². The van der Waals surface area contributed by atoms with Crippen molar-refractivity contribution in [3.63, 3.8) is 0 Å². The van der Waals surface area contributed by atoms with Crippen molar-refractivity contribution in [1.29, 1.82) is 5.26 Å². The molecule has 3 aromatic carbocycles. The van der Waals surface area contributed by atoms with Gasteiger partial charge in [0.25, 0.3) is 5.91 Å². The van der Waals surface area contributed by atoms with E-state index in [2.05, 4.69) is 22.3 Å². The molecule has 1 aromatic heterocycles. The van der Waals surface area contributed by atoms with Crippen LogP contribution < -0.4 is 20.9 Å². The van der Waals surface area contributed by atoms with Crippen LogP contribution in [-0.4, -0.2) is 22.7 Å². The van der Waals surface area contributed by atoms with E-state index in [0.717, 1.165) is 33.2 Å². The Morgan fingerprint density at radius 2 is 1.88 bits per heavy atom. The summed E-state index contributed by atoms with van der Waals surface area (Å²) < 4.78 is 11.0. The first-order valence-corrected chi connectivity index (χ1v) is 10.2. The molecule has 1 aliphatic heterocycles. The number of rotatable bonds is 5. The number of aromatic amines is 1. The lowest BCUT2D eigenvalue weighted by Gasteiger charge is -2.24. The Kier molecular flexibility index (Phi) is 4.92. The van der Waals surface area contributed by atoms with Crippen LogP contribution in [0.25, 0.3) is 22.0 Å². The number of primary amides is 1. The van der Waals surface area contributed by atoms with Crippen molar-refractivity contribution in [2.75, 3.05) is 6.61 Å². The van der Waals surface area contributed by atoms with Gasteiger partial charge in [-0.15, -0.1) is 5.10 Å². The number of benzene rings is 3. The lowest BCUT2D eigenvalue weighted by molar-refractivity contribution is -0.119. The Labute approximate surface area is 189 Å². The maximum Gasteiger partial charge on any atom is 0.255 e. The molecule has 4 aromatic rings. The van der Waals surface area contributed by atoms with Gasteiger partial charge in [0.1, 0.15) is 17.4 Å². The fraction of sp³-hybridized carbons (Fsp3) is 0.0800. The maximum atomic E-state index is 11.0. The summed E-state index contributed by atoms with van der Waals surface area (Å²) in [6.45, 7) is -0.217. The third kappa shape index (κ3) is 3.62. The van der Waals surface area contributed by atoms with E-state index in [4.69, 9.17) is 20.9 Å². The van der Waals surface area contributed by atoms with E-state index in [-0.39, 0.29) is 18.1 Å². The lowest BCUT2D eigenvalue weighted by Crippen LogP contribution is -2.21. The van der Waals surface area contributed by atoms with E-state index in [1.807, 2.05) is 48.5 Å². The second-order valence-corrected chi connectivity index (χ2v) is 7.63. The van der Waals surface area contributed by atoms with E-state index < -0.39 is 11.8 Å². The third-order valence-electron chi connectivity index (χ3n) is 5.57. The lowest BCUT2D eigenvalue weighted by atomic mass is 9.83. The Morgan fingerprint density at radius 3 is 2.61 bits per heavy atom. The monoisotopic (exact) mass is 437 g/mol. The molecular formula is C25H19N5O3. The summed E-state index contributed by atoms with van der Waals surface area (Å²) in [7, 11) is 0. The molecule has 2 heterocycles. The van der Waals surface area contributed by atoms with Gasteiger partial charge in [-0.2, -0.15) is 5.26 Å². The van der Waals surface area contributed by atoms with E-state index in [1.54, 1.807) is 12.1 Å². The molecule has 5 N–H and O–H groups in total. The van der Waals surface area contributed by atoms with Crippen molar-refractivity contribution < 1.29 is 14.3 Å². The second kappa shape index (κ2) is 8.05. The summed E-state index contributed by atoms with van der Waals surface area (Å²) in [6, 6.07) is 23.4. The van der Waals surface area contributed by atoms with Gasteiger partial charge in [0.2, 0.25) is 11.8 Å². The number of nitrogens with two attached hydrogens (primary N) is 2. The molecule has 5 rings (SSSR count). The SMILES string of the molecule is N#CC1=C(N)Oc2n[nH]c(-c3ccc4ccccc4c3)c2C1c1ccc(OCC(N)=O)cc1. The summed E-state index contributed by atoms with van der Waals surface area (Å²) in [6.07, 6.45) is 0. The smallest absolute Gasteiger partial charge is 0.255 e. The molecule has 0 saturated heterocycles. The van der Waals surface area contributed by atoms with Crippen molar-refractivity contribution in [1.82, 2.24) is 10.2 Å². The number of hydrogen-bond donors (Lipinski definition) is 3. The molecule has 0 fully saturated rings. The number of nitriles is 1. The average Bonchev–Trinajstić information content (AvgIpc) is 3.25. The Bertz CT molecular complexity index is 1450. The molecule has 0 radical (unpaired) electrons. The van der Waals surface area contributed by atoms with Crippen molar-refractivity contribution in [2.45, 2.75) is 5.92 Å². The number of aromatic nitrogens is 2. The molecule has 1 aliphatic rings. The van der Waals surface area contributed by atoms with Crippen molar-refractivity contribution in [3.8, 4) is 29.0 Å². The Hall–Kier alpha value is -4.77. The second-order valence-electron chi connectivity index (χ2n) is 7.63. The molecule has 0 aliphatic carbocycles. The normalized spacial score (nSPS) is 14.9. The van der Waals surface area contributed by atoms with Gasteiger partial charge in [-0.05, 0) is 34.5 Å². The first kappa shape index (κ1) is 20.2. The summed E-state index contributed by atoms with van der Waals surface area (Å²) >= 11 is 0. The zero-order chi connectivity index (χ0) is 22.9. The predicted octanol–water partition coefficient (Wildman–Crippen LogP) is 3.31. The van der Waals surface area contributed by atoms with Crippen LogP contribution in [0.15, 0.2) is 78.2 Å². The molecule has 0 saturated carbocycles. The van der Waals surface area contributed by atoms with E-state index >= 15 is 0 Å². The van der Waals surface area contributed by atoms with Gasteiger partial charge in [-0.3, -0.25) is 9.89 Å². The number of nitrogens with zero attached hydrogens (tertiary/aromatic N) is 2. The highest BCUT2D eigenvalue weighted by atomic mass is 16.5. The molecule has 162 valence electrons. The van der Waals surface area contributed by atoms with Crippen LogP contribution in [0.4, 0.5) is 0 Å². The number of fused-ring (bicyclic) bond motifs is 2. The minimum atomic E-state index is -0.561. The van der Waals surface area contributed by atoms with Gasteiger partial charge >= 0.3 is 0 Å². The molecule has 8 heteroatoms. The third-order valence-corrected chi connectivity index (χ3v) is 5.57. The van der Waals surface area contributed by atoms with Crippen molar-refractivity contribution in [2.24, 2.45) is 11.5 Å². The standard InChI is InChI=1S/C25H19N5O3/c26-12-19-21(15-7-9-18(10-8-15)32-13-20(27)31)22-23(29-30-25(22)33-24(19)28)17-6-5-14-3-1-2-4-16(14)11-17/h1-11,21H,13,28H2,(H2,27,31)(H,29,30). The Morgan fingerprint density at radius 1 is 1.12 bits per heavy atom. The van der Waals surface area contributed by atoms with Gasteiger partial charge < -0.3 is 20.9 Å². The number of carbonyl (C=O) groups excluding carboxylic acids is 1. The highest BCUT2D eigenvalue weighted by Gasteiger charge is 2.35. The van der Waals surface area contributed by atoms with Crippen LogP contribution >= 0.6 is 0 Å². The molecule has 0 spiro atoms. The summed E-state index contributed by atoms with van der Waals surface area (Å²) in [5.41, 5.74) is 14.7. The molecule has 1 atom stereocenters. The average molecular weight is 437 g/mol. The number of amides is 1. The van der Waals surface area contributed by atoms with Gasteiger partial charge in [-0.1, -0.05) is 48.5 Å². The van der Waals surface area contributed by atoms with Crippen molar-refractivity contribution >= 4 is 16.7 Å². The first-order chi connectivity index (χ1) is 16.0. The number of nitrogens with one attached hydrogen (secondary N) is 1. The number of H-pyrrole nitrogens is 1. The number of ether oxygens (including phenoxy) is 2. The Balaban J connectivity index is 1.61. The topological polar surface area (TPSA) is 140 Å². The van der Waals surface area contributed by atoms with Crippen molar-refractivity contribution in [3.05, 3.63) is 89.3 Å². The van der Waals surface area contributed by atoms with Crippen LogP contribution in [0.5, 0.6) is 11.6 Å². The van der Waals surface area contributed by atoms with E-state index in [1.165, 1.54) is 0 Å². The molecule has 1 unspecified atom stereocenters. The van der Waals surface area contributed by atoms with Gasteiger partial charge in [-0.25, -0.2) is 0 Å². The minimum Gasteiger partial charge on any atom is -0.484 e. The van der Waals surface area contributed by atoms with Crippen LogP contribution in [0.1, 0.15) is 17.0 Å². The fourth-order valence-electron chi connectivity index (χ4n) is 4.05. The zero-order valence-electron chi connectivity index (χ0n) is 17.4. The van der Waals surface area contributed by atoms with E-state index in [9.17, 15) is 10.1 Å². The van der Waals surface area contributed by atoms with Crippen LogP contribution in [0.2, 0.25) is 0 Å². The molecule has 8 nitrogen and oxygen atoms in total. The maximum absolute atomic E-state index is 11.0. The highest BCUT2D eigenvalue weighted by Crippen LogP contribution is 2.46. The number of allylic oxidation sites excluding steroid dienone is 1. The molecular weight excluding hydrogens is 418 g/mol. The highest BCUT2D eigenvalue weighted by molar-refractivity contribution is 5.87. The predicted molar refractivity (Wildman–Crippen MR) is 122 cm³/mol. The van der Waals surface area contributed by atoms with Gasteiger partial charge in [0.05, 0.1) is 17.2 Å². The van der Waals surface area contributed by atoms with Gasteiger partial charge in [0, 0.05) is 5.56 Å². The largest absolute Gasteiger partial charge is 0.484 e. The van der Waals surface area contributed by atoms with Crippen LogP contribution in [-0.2, 0) is 4.79 Å². The summed E-state index contributed by atoms with van der Waals surface area (Å²) in [5, 5.41) is 19.5. The quantitative estimate of drug-likeness (QED) is 0.438. The number of carbonyl (C=O) groups is 1. The van der Waals surface area contributed by atoms with E-state index in [0.29, 0.717) is 11.6 Å². The van der Waals surface area contributed by atoms with Gasteiger partial charge in [0.15, 0.2) is 6.61 Å². The summed E-state index contributed by atoms with van der Waals surface area (Å²) in [5.74, 6) is -0.227. The molecule has 0 bridgehead atoms. The fourth-order valence-corrected chi connectivity index (χ4v) is 4.05.